The van der Waals surface area contributed by atoms with Gasteiger partial charge in [-0.15, -0.1) is 6.58 Å². The molecule has 0 saturated carbocycles. The maximum atomic E-state index is 12.0. The van der Waals surface area contributed by atoms with Gasteiger partial charge in [0.25, 0.3) is 0 Å². The summed E-state index contributed by atoms with van der Waals surface area (Å²) in [4.78, 5) is 23.1. The highest BCUT2D eigenvalue weighted by atomic mass is 16.5. The molecule has 1 aromatic rings. The average Bonchev–Trinajstić information content (AvgIpc) is 2.46. The van der Waals surface area contributed by atoms with Gasteiger partial charge in [-0.1, -0.05) is 23.8 Å². The molecule has 1 rings (SSSR count). The van der Waals surface area contributed by atoms with Gasteiger partial charge < -0.3 is 19.9 Å². The zero-order valence-electron chi connectivity index (χ0n) is 12.8. The number of nitrogens with one attached hydrogen (secondary N) is 1. The lowest BCUT2D eigenvalue weighted by atomic mass is 10.1. The Kier molecular flexibility index (Phi) is 7.12. The zero-order chi connectivity index (χ0) is 16.5. The van der Waals surface area contributed by atoms with Crippen LogP contribution in [0.15, 0.2) is 30.9 Å². The molecular weight excluding hydrogens is 286 g/mol. The van der Waals surface area contributed by atoms with E-state index in [1.807, 2.05) is 19.1 Å². The van der Waals surface area contributed by atoms with Crippen LogP contribution in [0.4, 0.5) is 0 Å². The van der Waals surface area contributed by atoms with Crippen LogP contribution in [-0.2, 0) is 20.7 Å². The molecule has 0 fully saturated rings. The SMILES string of the molecule is C=CCOCC(NC(=O)Cc1cc(C)ccc1OC)C(=O)O. The minimum Gasteiger partial charge on any atom is -0.496 e. The number of carboxylic acids is 1. The maximum absolute atomic E-state index is 12.0. The van der Waals surface area contributed by atoms with Gasteiger partial charge in [-0.3, -0.25) is 4.79 Å². The fourth-order valence-corrected chi connectivity index (χ4v) is 1.91. The summed E-state index contributed by atoms with van der Waals surface area (Å²) in [5.41, 5.74) is 1.70. The van der Waals surface area contributed by atoms with Gasteiger partial charge in [-0.25, -0.2) is 4.79 Å². The monoisotopic (exact) mass is 307 g/mol. The van der Waals surface area contributed by atoms with E-state index in [-0.39, 0.29) is 19.6 Å². The van der Waals surface area contributed by atoms with Crippen LogP contribution < -0.4 is 10.1 Å². The third kappa shape index (κ3) is 5.57. The van der Waals surface area contributed by atoms with Crippen molar-refractivity contribution in [3.8, 4) is 5.75 Å². The first-order valence-electron chi connectivity index (χ1n) is 6.82. The maximum Gasteiger partial charge on any atom is 0.328 e. The summed E-state index contributed by atoms with van der Waals surface area (Å²) in [5, 5.41) is 11.5. The lowest BCUT2D eigenvalue weighted by Gasteiger charge is -2.15. The van der Waals surface area contributed by atoms with Crippen LogP contribution in [0.3, 0.4) is 0 Å². The van der Waals surface area contributed by atoms with E-state index in [4.69, 9.17) is 14.6 Å². The Morgan fingerprint density at radius 1 is 1.45 bits per heavy atom. The van der Waals surface area contributed by atoms with Gasteiger partial charge in [-0.2, -0.15) is 0 Å². The Morgan fingerprint density at radius 3 is 2.77 bits per heavy atom. The Balaban J connectivity index is 2.69. The first kappa shape index (κ1) is 17.7. The number of carbonyl (C=O) groups is 2. The summed E-state index contributed by atoms with van der Waals surface area (Å²) < 4.78 is 10.3. The van der Waals surface area contributed by atoms with Crippen molar-refractivity contribution in [2.45, 2.75) is 19.4 Å². The highest BCUT2D eigenvalue weighted by molar-refractivity contribution is 5.85. The van der Waals surface area contributed by atoms with Crippen LogP contribution in [0.1, 0.15) is 11.1 Å². The highest BCUT2D eigenvalue weighted by Crippen LogP contribution is 2.20. The molecule has 1 aromatic carbocycles. The average molecular weight is 307 g/mol. The standard InChI is InChI=1S/C16H21NO5/c1-4-7-22-10-13(16(19)20)17-15(18)9-12-8-11(2)5-6-14(12)21-3/h4-6,8,13H,1,7,9-10H2,2-3H3,(H,17,18)(H,19,20). The van der Waals surface area contributed by atoms with Gasteiger partial charge in [0.15, 0.2) is 6.04 Å². The van der Waals surface area contributed by atoms with Crippen molar-refractivity contribution in [1.82, 2.24) is 5.32 Å². The van der Waals surface area contributed by atoms with E-state index in [0.29, 0.717) is 11.3 Å². The van der Waals surface area contributed by atoms with E-state index >= 15 is 0 Å². The largest absolute Gasteiger partial charge is 0.496 e. The molecule has 120 valence electrons. The number of amides is 1. The minimum atomic E-state index is -1.14. The van der Waals surface area contributed by atoms with Crippen LogP contribution in [-0.4, -0.2) is 43.3 Å². The molecule has 0 aliphatic heterocycles. The molecule has 0 aromatic heterocycles. The second-order valence-corrected chi connectivity index (χ2v) is 4.78. The number of aliphatic carboxylic acids is 1. The molecule has 1 amide bonds. The molecule has 6 nitrogen and oxygen atoms in total. The smallest absolute Gasteiger partial charge is 0.328 e. The number of hydrogen-bond donors (Lipinski definition) is 2. The number of hydrogen-bond acceptors (Lipinski definition) is 4. The fraction of sp³-hybridized carbons (Fsp3) is 0.375. The van der Waals surface area contributed by atoms with Gasteiger partial charge in [0, 0.05) is 5.56 Å². The van der Waals surface area contributed by atoms with Crippen LogP contribution >= 0.6 is 0 Å². The summed E-state index contributed by atoms with van der Waals surface area (Å²) >= 11 is 0. The third-order valence-electron chi connectivity index (χ3n) is 2.94. The molecule has 0 radical (unpaired) electrons. The number of methoxy groups -OCH3 is 1. The van der Waals surface area contributed by atoms with E-state index in [1.165, 1.54) is 13.2 Å². The molecule has 0 spiro atoms. The molecule has 6 heteroatoms. The van der Waals surface area contributed by atoms with E-state index in [0.717, 1.165) is 5.56 Å². The van der Waals surface area contributed by atoms with Crippen molar-refractivity contribution < 1.29 is 24.2 Å². The summed E-state index contributed by atoms with van der Waals surface area (Å²) in [6, 6.07) is 4.40. The number of aryl methyl sites for hydroxylation is 1. The van der Waals surface area contributed by atoms with Crippen molar-refractivity contribution in [3.05, 3.63) is 42.0 Å². The quantitative estimate of drug-likeness (QED) is 0.531. The van der Waals surface area contributed by atoms with Gasteiger partial charge in [-0.05, 0) is 13.0 Å². The first-order chi connectivity index (χ1) is 10.5. The van der Waals surface area contributed by atoms with E-state index in [1.54, 1.807) is 6.07 Å². The van der Waals surface area contributed by atoms with Crippen LogP contribution in [0.5, 0.6) is 5.75 Å². The predicted octanol–water partition coefficient (Wildman–Crippen LogP) is 1.32. The van der Waals surface area contributed by atoms with Crippen molar-refractivity contribution >= 4 is 11.9 Å². The number of rotatable bonds is 9. The number of carbonyl (C=O) groups excluding carboxylic acids is 1. The topological polar surface area (TPSA) is 84.9 Å². The van der Waals surface area contributed by atoms with Gasteiger partial charge in [0.2, 0.25) is 5.91 Å². The molecule has 1 unspecified atom stereocenters. The number of benzene rings is 1. The van der Waals surface area contributed by atoms with Crippen molar-refractivity contribution in [3.63, 3.8) is 0 Å². The molecule has 1 atom stereocenters. The fourth-order valence-electron chi connectivity index (χ4n) is 1.91. The molecule has 2 N–H and O–H groups in total. The summed E-state index contributed by atoms with van der Waals surface area (Å²) in [6.45, 7) is 5.49. The second-order valence-electron chi connectivity index (χ2n) is 4.78. The van der Waals surface area contributed by atoms with Gasteiger partial charge >= 0.3 is 5.97 Å². The van der Waals surface area contributed by atoms with Crippen LogP contribution in [0.2, 0.25) is 0 Å². The lowest BCUT2D eigenvalue weighted by Crippen LogP contribution is -2.44. The number of ether oxygens (including phenoxy) is 2. The van der Waals surface area contributed by atoms with Crippen molar-refractivity contribution in [2.24, 2.45) is 0 Å². The Labute approximate surface area is 129 Å². The van der Waals surface area contributed by atoms with Crippen molar-refractivity contribution in [1.29, 1.82) is 0 Å². The van der Waals surface area contributed by atoms with E-state index in [9.17, 15) is 9.59 Å². The molecule has 0 saturated heterocycles. The first-order valence-corrected chi connectivity index (χ1v) is 6.82. The van der Waals surface area contributed by atoms with E-state index in [2.05, 4.69) is 11.9 Å². The highest BCUT2D eigenvalue weighted by Gasteiger charge is 2.20. The predicted molar refractivity (Wildman–Crippen MR) is 82.0 cm³/mol. The summed E-state index contributed by atoms with van der Waals surface area (Å²) in [6.07, 6.45) is 1.55. The Hall–Kier alpha value is -2.34. The Morgan fingerprint density at radius 2 is 2.18 bits per heavy atom. The second kappa shape index (κ2) is 8.84. The van der Waals surface area contributed by atoms with Crippen LogP contribution in [0, 0.1) is 6.92 Å². The minimum absolute atomic E-state index is 0.0378. The zero-order valence-corrected chi connectivity index (χ0v) is 12.8. The van der Waals surface area contributed by atoms with Crippen LogP contribution in [0.25, 0.3) is 0 Å². The van der Waals surface area contributed by atoms with Gasteiger partial charge in [0.1, 0.15) is 5.75 Å². The molecular formula is C16H21NO5. The molecule has 22 heavy (non-hydrogen) atoms. The normalized spacial score (nSPS) is 11.5. The molecule has 0 bridgehead atoms. The number of carboxylic acid groups (broad SMARTS) is 1. The third-order valence-corrected chi connectivity index (χ3v) is 2.94. The Bertz CT molecular complexity index is 541. The summed E-state index contributed by atoms with van der Waals surface area (Å²) in [7, 11) is 1.52. The molecule has 0 aliphatic rings. The molecule has 0 heterocycles. The lowest BCUT2D eigenvalue weighted by molar-refractivity contribution is -0.143. The van der Waals surface area contributed by atoms with E-state index < -0.39 is 17.9 Å². The van der Waals surface area contributed by atoms with Crippen molar-refractivity contribution in [2.75, 3.05) is 20.3 Å². The molecule has 0 aliphatic carbocycles. The summed E-state index contributed by atoms with van der Waals surface area (Å²) in [5.74, 6) is -0.956. The van der Waals surface area contributed by atoms with Gasteiger partial charge in [0.05, 0.1) is 26.7 Å².